The van der Waals surface area contributed by atoms with Gasteiger partial charge in [-0.15, -0.1) is 0 Å². The Bertz CT molecular complexity index is 984. The van der Waals surface area contributed by atoms with E-state index < -0.39 is 23.5 Å². The molecule has 2 aromatic rings. The number of hydrogen-bond donors (Lipinski definition) is 1. The zero-order valence-corrected chi connectivity index (χ0v) is 18.2. The number of likely N-dealkylation sites (tertiary alicyclic amines) is 1. The molecule has 1 fully saturated rings. The molecular formula is C21H21Cl2NO6. The molecule has 1 atom stereocenters. The molecular weight excluding hydrogens is 433 g/mol. The van der Waals surface area contributed by atoms with Crippen LogP contribution in [0.2, 0.25) is 10.0 Å². The lowest BCUT2D eigenvalue weighted by atomic mass is 9.98. The average molecular weight is 454 g/mol. The summed E-state index contributed by atoms with van der Waals surface area (Å²) < 4.78 is 16.3. The fourth-order valence-corrected chi connectivity index (χ4v) is 3.90. The third-order valence-corrected chi connectivity index (χ3v) is 5.10. The Morgan fingerprint density at radius 1 is 1.30 bits per heavy atom. The molecule has 1 saturated heterocycles. The van der Waals surface area contributed by atoms with Crippen molar-refractivity contribution in [1.82, 2.24) is 4.90 Å². The fourth-order valence-electron chi connectivity index (χ4n) is 3.33. The molecule has 0 saturated carbocycles. The first-order chi connectivity index (χ1) is 14.3. The van der Waals surface area contributed by atoms with Gasteiger partial charge >= 0.3 is 0 Å². The van der Waals surface area contributed by atoms with Gasteiger partial charge in [0.1, 0.15) is 23.3 Å². The van der Waals surface area contributed by atoms with Crippen molar-refractivity contribution in [1.29, 1.82) is 0 Å². The normalized spacial score (nSPS) is 18.5. The van der Waals surface area contributed by atoms with E-state index in [-0.39, 0.29) is 46.2 Å². The van der Waals surface area contributed by atoms with E-state index in [4.69, 9.17) is 37.1 Å². The first-order valence-electron chi connectivity index (χ1n) is 9.23. The number of ketones is 1. The van der Waals surface area contributed by atoms with E-state index in [1.54, 1.807) is 12.1 Å². The quantitative estimate of drug-likeness (QED) is 0.378. The van der Waals surface area contributed by atoms with Crippen LogP contribution >= 0.6 is 23.2 Å². The molecule has 0 bridgehead atoms. The standard InChI is InChI=1S/C21H21Cl2NO6/c1-11(2)29-8-6-24-17(15-5-4-7-30-15)16(19(26)21(24)27)18(25)13-9-12(22)10-14(23)20(13)28-3/h4-5,7,9-11,17,25H,6,8H2,1-3H3/b18-16-. The second kappa shape index (κ2) is 9.12. The smallest absolute Gasteiger partial charge is 0.295 e. The summed E-state index contributed by atoms with van der Waals surface area (Å²) in [5.41, 5.74) is -0.0425. The van der Waals surface area contributed by atoms with Gasteiger partial charge in [-0.2, -0.15) is 0 Å². The minimum atomic E-state index is -0.932. The van der Waals surface area contributed by atoms with Crippen molar-refractivity contribution in [3.8, 4) is 5.75 Å². The van der Waals surface area contributed by atoms with Crippen LogP contribution in [0.3, 0.4) is 0 Å². The van der Waals surface area contributed by atoms with Crippen LogP contribution in [-0.4, -0.2) is 48.1 Å². The van der Waals surface area contributed by atoms with E-state index in [0.717, 1.165) is 0 Å². The molecule has 30 heavy (non-hydrogen) atoms. The summed E-state index contributed by atoms with van der Waals surface area (Å²) in [6, 6.07) is 5.19. The Labute approximate surface area is 183 Å². The SMILES string of the molecule is COc1c(Cl)cc(Cl)cc1/C(O)=C1/C(=O)C(=O)N(CCOC(C)C)C1c1ccco1. The van der Waals surface area contributed by atoms with Crippen LogP contribution in [0.4, 0.5) is 0 Å². The molecule has 2 heterocycles. The van der Waals surface area contributed by atoms with Crippen molar-refractivity contribution in [3.05, 3.63) is 57.5 Å². The molecule has 1 aliphatic heterocycles. The number of ether oxygens (including phenoxy) is 2. The molecule has 1 aromatic carbocycles. The predicted molar refractivity (Wildman–Crippen MR) is 112 cm³/mol. The lowest BCUT2D eigenvalue weighted by Crippen LogP contribution is -2.33. The lowest BCUT2D eigenvalue weighted by Gasteiger charge is -2.23. The maximum atomic E-state index is 12.9. The summed E-state index contributed by atoms with van der Waals surface area (Å²) in [5, 5.41) is 11.5. The van der Waals surface area contributed by atoms with Gasteiger partial charge in [0.2, 0.25) is 0 Å². The van der Waals surface area contributed by atoms with Crippen molar-refractivity contribution in [2.24, 2.45) is 0 Å². The number of carbonyl (C=O) groups is 2. The molecule has 0 aliphatic carbocycles. The predicted octanol–water partition coefficient (Wildman–Crippen LogP) is 4.44. The second-order valence-electron chi connectivity index (χ2n) is 6.90. The minimum Gasteiger partial charge on any atom is -0.507 e. The first-order valence-corrected chi connectivity index (χ1v) is 9.98. The average Bonchev–Trinajstić information content (AvgIpc) is 3.29. The van der Waals surface area contributed by atoms with Crippen LogP contribution in [0, 0.1) is 0 Å². The molecule has 1 unspecified atom stereocenters. The van der Waals surface area contributed by atoms with E-state index in [1.165, 1.54) is 30.4 Å². The van der Waals surface area contributed by atoms with E-state index in [1.807, 2.05) is 13.8 Å². The summed E-state index contributed by atoms with van der Waals surface area (Å²) in [5.74, 6) is -1.62. The van der Waals surface area contributed by atoms with Crippen molar-refractivity contribution in [2.75, 3.05) is 20.3 Å². The fraction of sp³-hybridized carbons (Fsp3) is 0.333. The maximum Gasteiger partial charge on any atom is 0.295 e. The largest absolute Gasteiger partial charge is 0.507 e. The highest BCUT2D eigenvalue weighted by molar-refractivity contribution is 6.46. The van der Waals surface area contributed by atoms with Crippen LogP contribution in [-0.2, 0) is 14.3 Å². The van der Waals surface area contributed by atoms with E-state index >= 15 is 0 Å². The van der Waals surface area contributed by atoms with Crippen LogP contribution < -0.4 is 4.74 Å². The number of amides is 1. The number of nitrogens with zero attached hydrogens (tertiary/aromatic N) is 1. The monoisotopic (exact) mass is 453 g/mol. The molecule has 0 spiro atoms. The first kappa shape index (κ1) is 22.2. The van der Waals surface area contributed by atoms with E-state index in [2.05, 4.69) is 0 Å². The minimum absolute atomic E-state index is 0.0400. The Kier molecular flexibility index (Phi) is 6.75. The number of aliphatic hydroxyl groups excluding tert-OH is 1. The maximum absolute atomic E-state index is 12.9. The summed E-state index contributed by atoms with van der Waals surface area (Å²) in [4.78, 5) is 27.0. The van der Waals surface area contributed by atoms with Crippen LogP contribution in [0.25, 0.3) is 5.76 Å². The third-order valence-electron chi connectivity index (χ3n) is 4.60. The van der Waals surface area contributed by atoms with Crippen LogP contribution in [0.1, 0.15) is 31.2 Å². The Balaban J connectivity index is 2.14. The number of aliphatic hydroxyl groups is 1. The number of carbonyl (C=O) groups excluding carboxylic acids is 2. The number of Topliss-reactive ketones (excluding diaryl/α,β-unsaturated/α-hetero) is 1. The van der Waals surface area contributed by atoms with Crippen molar-refractivity contribution in [3.63, 3.8) is 0 Å². The lowest BCUT2D eigenvalue weighted by molar-refractivity contribution is -0.140. The summed E-state index contributed by atoms with van der Waals surface area (Å²) in [6.45, 7) is 4.09. The molecule has 0 radical (unpaired) electrons. The van der Waals surface area contributed by atoms with Gasteiger partial charge in [0.05, 0.1) is 42.2 Å². The molecule has 1 aliphatic rings. The van der Waals surface area contributed by atoms with E-state index in [9.17, 15) is 14.7 Å². The number of halogens is 2. The molecule has 9 heteroatoms. The van der Waals surface area contributed by atoms with Crippen molar-refractivity contribution < 1.29 is 28.6 Å². The molecule has 1 N–H and O–H groups in total. The Hall–Kier alpha value is -2.48. The molecule has 1 aromatic heterocycles. The van der Waals surface area contributed by atoms with Crippen molar-refractivity contribution in [2.45, 2.75) is 26.0 Å². The molecule has 160 valence electrons. The van der Waals surface area contributed by atoms with Gasteiger partial charge in [-0.1, -0.05) is 23.2 Å². The number of hydrogen-bond acceptors (Lipinski definition) is 6. The highest BCUT2D eigenvalue weighted by Crippen LogP contribution is 2.43. The zero-order valence-electron chi connectivity index (χ0n) is 16.6. The van der Waals surface area contributed by atoms with Gasteiger partial charge in [0.15, 0.2) is 0 Å². The van der Waals surface area contributed by atoms with Crippen LogP contribution in [0.15, 0.2) is 40.5 Å². The molecule has 3 rings (SSSR count). The highest BCUT2D eigenvalue weighted by atomic mass is 35.5. The highest BCUT2D eigenvalue weighted by Gasteiger charge is 2.47. The van der Waals surface area contributed by atoms with Gasteiger partial charge in [0, 0.05) is 11.6 Å². The third kappa shape index (κ3) is 4.19. The molecule has 1 amide bonds. The zero-order chi connectivity index (χ0) is 22.0. The van der Waals surface area contributed by atoms with Gasteiger partial charge < -0.3 is 23.9 Å². The van der Waals surface area contributed by atoms with Gasteiger partial charge in [0.25, 0.3) is 11.7 Å². The van der Waals surface area contributed by atoms with E-state index in [0.29, 0.717) is 5.76 Å². The Morgan fingerprint density at radius 3 is 2.63 bits per heavy atom. The number of furan rings is 1. The number of benzene rings is 1. The second-order valence-corrected chi connectivity index (χ2v) is 7.74. The molecule has 7 nitrogen and oxygen atoms in total. The van der Waals surface area contributed by atoms with Crippen LogP contribution in [0.5, 0.6) is 5.75 Å². The van der Waals surface area contributed by atoms with Crippen molar-refractivity contribution >= 4 is 40.7 Å². The summed E-state index contributed by atoms with van der Waals surface area (Å²) in [7, 11) is 1.37. The Morgan fingerprint density at radius 2 is 2.03 bits per heavy atom. The van der Waals surface area contributed by atoms with Gasteiger partial charge in [-0.25, -0.2) is 0 Å². The number of rotatable bonds is 7. The van der Waals surface area contributed by atoms with Gasteiger partial charge in [-0.05, 0) is 38.1 Å². The van der Waals surface area contributed by atoms with Gasteiger partial charge in [-0.3, -0.25) is 9.59 Å². The summed E-state index contributed by atoms with van der Waals surface area (Å²) in [6.07, 6.45) is 1.39. The topological polar surface area (TPSA) is 89.2 Å². The summed E-state index contributed by atoms with van der Waals surface area (Å²) >= 11 is 12.3. The number of methoxy groups -OCH3 is 1.